The number of rotatable bonds is 8. The Morgan fingerprint density at radius 1 is 1.00 bits per heavy atom. The lowest BCUT2D eigenvalue weighted by atomic mass is 9.92. The molecule has 0 aromatic rings. The van der Waals surface area contributed by atoms with E-state index in [2.05, 4.69) is 20.8 Å². The summed E-state index contributed by atoms with van der Waals surface area (Å²) >= 11 is 0. The summed E-state index contributed by atoms with van der Waals surface area (Å²) in [5, 5.41) is 18.5. The van der Waals surface area contributed by atoms with Gasteiger partial charge in [0.15, 0.2) is 0 Å². The lowest BCUT2D eigenvalue weighted by molar-refractivity contribution is 0.0942. The van der Waals surface area contributed by atoms with Crippen molar-refractivity contribution >= 4 is 0 Å². The number of aliphatic hydroxyl groups excluding tert-OH is 2. The molecule has 86 valence electrons. The maximum atomic E-state index is 9.80. The van der Waals surface area contributed by atoms with Gasteiger partial charge in [0.05, 0.1) is 6.10 Å². The third-order valence-electron chi connectivity index (χ3n) is 2.98. The summed E-state index contributed by atoms with van der Waals surface area (Å²) in [5.74, 6) is 0.949. The van der Waals surface area contributed by atoms with Crippen LogP contribution in [-0.4, -0.2) is 22.9 Å². The smallest absolute Gasteiger partial charge is 0.0565 e. The van der Waals surface area contributed by atoms with E-state index in [-0.39, 0.29) is 12.7 Å². The van der Waals surface area contributed by atoms with Crippen LogP contribution in [0, 0.1) is 11.8 Å². The summed E-state index contributed by atoms with van der Waals surface area (Å²) in [7, 11) is 0. The van der Waals surface area contributed by atoms with Crippen LogP contribution in [0.25, 0.3) is 0 Å². The lowest BCUT2D eigenvalue weighted by Gasteiger charge is -2.19. The predicted octanol–water partition coefficient (Wildman–Crippen LogP) is 2.58. The molecule has 0 spiro atoms. The zero-order valence-electron chi connectivity index (χ0n) is 9.87. The zero-order valence-corrected chi connectivity index (χ0v) is 9.87. The summed E-state index contributed by atoms with van der Waals surface area (Å²) in [6.45, 7) is 6.66. The lowest BCUT2D eigenvalue weighted by Crippen LogP contribution is -2.18. The van der Waals surface area contributed by atoms with Crippen LogP contribution < -0.4 is 0 Å². The third-order valence-corrected chi connectivity index (χ3v) is 2.98. The van der Waals surface area contributed by atoms with Gasteiger partial charge >= 0.3 is 0 Å². The maximum absolute atomic E-state index is 9.80. The van der Waals surface area contributed by atoms with E-state index >= 15 is 0 Å². The molecule has 0 radical (unpaired) electrons. The van der Waals surface area contributed by atoms with Crippen LogP contribution in [0.4, 0.5) is 0 Å². The van der Waals surface area contributed by atoms with E-state index in [9.17, 15) is 5.11 Å². The van der Waals surface area contributed by atoms with Crippen molar-refractivity contribution in [3.05, 3.63) is 0 Å². The molecule has 0 heterocycles. The minimum absolute atomic E-state index is 0.156. The largest absolute Gasteiger partial charge is 0.396 e. The molecule has 0 amide bonds. The van der Waals surface area contributed by atoms with E-state index in [1.807, 2.05) is 0 Å². The highest BCUT2D eigenvalue weighted by molar-refractivity contribution is 4.66. The van der Waals surface area contributed by atoms with Gasteiger partial charge in [-0.2, -0.15) is 0 Å². The number of hydrogen-bond acceptors (Lipinski definition) is 2. The minimum atomic E-state index is -0.156. The van der Waals surface area contributed by atoms with Gasteiger partial charge in [-0.1, -0.05) is 27.2 Å². The summed E-state index contributed by atoms with van der Waals surface area (Å²) < 4.78 is 0. The first-order valence-corrected chi connectivity index (χ1v) is 5.90. The molecule has 0 aliphatic heterocycles. The van der Waals surface area contributed by atoms with Crippen LogP contribution in [-0.2, 0) is 0 Å². The van der Waals surface area contributed by atoms with Gasteiger partial charge < -0.3 is 10.2 Å². The summed E-state index contributed by atoms with van der Waals surface area (Å²) in [6.07, 6.45) is 4.85. The molecule has 0 aromatic heterocycles. The van der Waals surface area contributed by atoms with Gasteiger partial charge in [-0.05, 0) is 37.5 Å². The highest BCUT2D eigenvalue weighted by Crippen LogP contribution is 2.18. The van der Waals surface area contributed by atoms with Gasteiger partial charge in [-0.15, -0.1) is 0 Å². The number of hydrogen-bond donors (Lipinski definition) is 2. The van der Waals surface area contributed by atoms with Gasteiger partial charge in [0.1, 0.15) is 0 Å². The Kier molecular flexibility index (Phi) is 8.20. The third kappa shape index (κ3) is 6.39. The number of aliphatic hydroxyl groups is 2. The normalized spacial score (nSPS) is 17.8. The van der Waals surface area contributed by atoms with Crippen LogP contribution in [0.5, 0.6) is 0 Å². The van der Waals surface area contributed by atoms with E-state index in [1.54, 1.807) is 0 Å². The van der Waals surface area contributed by atoms with Crippen LogP contribution in [0.15, 0.2) is 0 Å². The molecule has 3 atom stereocenters. The predicted molar refractivity (Wildman–Crippen MR) is 60.2 cm³/mol. The van der Waals surface area contributed by atoms with E-state index in [4.69, 9.17) is 5.11 Å². The van der Waals surface area contributed by atoms with Gasteiger partial charge in [-0.3, -0.25) is 0 Å². The Labute approximate surface area is 88.3 Å². The van der Waals surface area contributed by atoms with Gasteiger partial charge in [0.25, 0.3) is 0 Å². The van der Waals surface area contributed by atoms with E-state index in [1.165, 1.54) is 0 Å². The van der Waals surface area contributed by atoms with Crippen molar-refractivity contribution in [2.45, 2.75) is 59.0 Å². The summed E-state index contributed by atoms with van der Waals surface area (Å²) in [6, 6.07) is 0. The quantitative estimate of drug-likeness (QED) is 0.635. The molecule has 0 fully saturated rings. The van der Waals surface area contributed by atoms with E-state index < -0.39 is 0 Å². The summed E-state index contributed by atoms with van der Waals surface area (Å²) in [5.41, 5.74) is 0. The topological polar surface area (TPSA) is 40.5 Å². The SMILES string of the molecule is CCCC(C)C(O)CCC(C)CCO. The van der Waals surface area contributed by atoms with Crippen molar-refractivity contribution in [2.75, 3.05) is 6.61 Å². The second-order valence-corrected chi connectivity index (χ2v) is 4.53. The van der Waals surface area contributed by atoms with Crippen molar-refractivity contribution in [3.63, 3.8) is 0 Å². The standard InChI is InChI=1S/C12H26O2/c1-4-5-11(3)12(14)7-6-10(2)8-9-13/h10-14H,4-9H2,1-3H3. The molecule has 0 saturated heterocycles. The Bertz CT molecular complexity index is 125. The van der Waals surface area contributed by atoms with Crippen LogP contribution in [0.1, 0.15) is 52.9 Å². The Balaban J connectivity index is 3.56. The Morgan fingerprint density at radius 2 is 1.64 bits per heavy atom. The van der Waals surface area contributed by atoms with Crippen molar-refractivity contribution in [1.82, 2.24) is 0 Å². The fourth-order valence-electron chi connectivity index (χ4n) is 1.75. The average molecular weight is 202 g/mol. The second kappa shape index (κ2) is 8.25. The van der Waals surface area contributed by atoms with Crippen LogP contribution >= 0.6 is 0 Å². The molecule has 0 rings (SSSR count). The molecule has 0 aliphatic carbocycles. The highest BCUT2D eigenvalue weighted by atomic mass is 16.3. The van der Waals surface area contributed by atoms with Gasteiger partial charge in [0.2, 0.25) is 0 Å². The minimum Gasteiger partial charge on any atom is -0.396 e. The molecule has 0 bridgehead atoms. The molecule has 2 N–H and O–H groups in total. The van der Waals surface area contributed by atoms with Gasteiger partial charge in [-0.25, -0.2) is 0 Å². The first-order chi connectivity index (χ1) is 6.61. The molecule has 0 aliphatic rings. The first kappa shape index (κ1) is 13.9. The molecule has 3 unspecified atom stereocenters. The molecular formula is C12H26O2. The maximum Gasteiger partial charge on any atom is 0.0565 e. The van der Waals surface area contributed by atoms with Crippen LogP contribution in [0.2, 0.25) is 0 Å². The molecule has 2 nitrogen and oxygen atoms in total. The molecular weight excluding hydrogens is 176 g/mol. The molecule has 0 saturated carbocycles. The molecule has 14 heavy (non-hydrogen) atoms. The summed E-state index contributed by atoms with van der Waals surface area (Å²) in [4.78, 5) is 0. The molecule has 0 aromatic carbocycles. The van der Waals surface area contributed by atoms with Crippen molar-refractivity contribution in [2.24, 2.45) is 11.8 Å². The van der Waals surface area contributed by atoms with Crippen LogP contribution in [0.3, 0.4) is 0 Å². The zero-order chi connectivity index (χ0) is 11.0. The van der Waals surface area contributed by atoms with Crippen molar-refractivity contribution in [1.29, 1.82) is 0 Å². The Morgan fingerprint density at radius 3 is 2.14 bits per heavy atom. The van der Waals surface area contributed by atoms with Crippen molar-refractivity contribution in [3.8, 4) is 0 Å². The Hall–Kier alpha value is -0.0800. The fourth-order valence-corrected chi connectivity index (χ4v) is 1.75. The van der Waals surface area contributed by atoms with E-state index in [0.717, 1.165) is 32.1 Å². The molecule has 2 heteroatoms. The van der Waals surface area contributed by atoms with Gasteiger partial charge in [0, 0.05) is 6.61 Å². The van der Waals surface area contributed by atoms with Crippen molar-refractivity contribution < 1.29 is 10.2 Å². The highest BCUT2D eigenvalue weighted by Gasteiger charge is 2.14. The van der Waals surface area contributed by atoms with E-state index in [0.29, 0.717) is 11.8 Å². The average Bonchev–Trinajstić information content (AvgIpc) is 2.15. The monoisotopic (exact) mass is 202 g/mol. The first-order valence-electron chi connectivity index (χ1n) is 5.90. The second-order valence-electron chi connectivity index (χ2n) is 4.53. The fraction of sp³-hybridized carbons (Fsp3) is 1.00.